The van der Waals surface area contributed by atoms with Gasteiger partial charge in [0.2, 0.25) is 5.91 Å². The molecule has 5 nitrogen and oxygen atoms in total. The molecular weight excluding hydrogens is 384 g/mol. The number of benzene rings is 3. The number of hydrogen-bond acceptors (Lipinski definition) is 4. The van der Waals surface area contributed by atoms with Gasteiger partial charge in [-0.25, -0.2) is 0 Å². The third-order valence-corrected chi connectivity index (χ3v) is 4.90. The average Bonchev–Trinajstić information content (AvgIpc) is 2.72. The highest BCUT2D eigenvalue weighted by Gasteiger charge is 2.07. The highest BCUT2D eigenvalue weighted by molar-refractivity contribution is 7.99. The van der Waals surface area contributed by atoms with Gasteiger partial charge in [-0.1, -0.05) is 24.3 Å². The molecule has 148 valence electrons. The summed E-state index contributed by atoms with van der Waals surface area (Å²) in [7, 11) is 0. The Labute approximate surface area is 174 Å². The molecule has 3 aromatic rings. The van der Waals surface area contributed by atoms with Gasteiger partial charge in [-0.2, -0.15) is 0 Å². The van der Waals surface area contributed by atoms with E-state index in [1.54, 1.807) is 60.3 Å². The summed E-state index contributed by atoms with van der Waals surface area (Å²) in [5.74, 6) is 1.18. The van der Waals surface area contributed by atoms with Crippen molar-refractivity contribution in [1.82, 2.24) is 0 Å². The highest BCUT2D eigenvalue weighted by Crippen LogP contribution is 2.19. The molecule has 0 fully saturated rings. The van der Waals surface area contributed by atoms with Gasteiger partial charge in [-0.15, -0.1) is 11.8 Å². The van der Waals surface area contributed by atoms with Crippen LogP contribution in [0.3, 0.4) is 0 Å². The first kappa shape index (κ1) is 20.5. The third-order valence-electron chi connectivity index (χ3n) is 3.92. The Hall–Kier alpha value is -3.25. The molecule has 0 aliphatic rings. The molecule has 0 aliphatic carbocycles. The molecule has 3 rings (SSSR count). The molecule has 0 spiro atoms. The topological polar surface area (TPSA) is 67.4 Å². The van der Waals surface area contributed by atoms with Crippen LogP contribution in [0.15, 0.2) is 83.8 Å². The zero-order valence-corrected chi connectivity index (χ0v) is 16.9. The summed E-state index contributed by atoms with van der Waals surface area (Å²) in [6.45, 7) is 2.02. The number of hydrogen-bond donors (Lipinski definition) is 2. The van der Waals surface area contributed by atoms with E-state index in [0.717, 1.165) is 11.5 Å². The Balaban J connectivity index is 1.49. The van der Waals surface area contributed by atoms with Crippen LogP contribution >= 0.6 is 11.8 Å². The number of nitrogens with one attached hydrogen (secondary N) is 2. The van der Waals surface area contributed by atoms with Crippen LogP contribution in [0.2, 0.25) is 0 Å². The van der Waals surface area contributed by atoms with E-state index < -0.39 is 0 Å². The quantitative estimate of drug-likeness (QED) is 0.405. The summed E-state index contributed by atoms with van der Waals surface area (Å²) in [4.78, 5) is 24.8. The van der Waals surface area contributed by atoms with Crippen LogP contribution in [0, 0.1) is 0 Å². The molecule has 29 heavy (non-hydrogen) atoms. The fourth-order valence-electron chi connectivity index (χ4n) is 2.62. The first-order valence-electron chi connectivity index (χ1n) is 9.20. The number of carbonyl (C=O) groups is 2. The van der Waals surface area contributed by atoms with Crippen molar-refractivity contribution in [1.29, 1.82) is 0 Å². The van der Waals surface area contributed by atoms with E-state index in [-0.39, 0.29) is 11.8 Å². The predicted molar refractivity (Wildman–Crippen MR) is 118 cm³/mol. The molecule has 0 aromatic heterocycles. The second-order valence-electron chi connectivity index (χ2n) is 6.25. The maximum Gasteiger partial charge on any atom is 0.255 e. The first-order chi connectivity index (χ1) is 14.1. The molecule has 0 aliphatic heterocycles. The summed E-state index contributed by atoms with van der Waals surface area (Å²) in [5, 5.41) is 5.52. The maximum absolute atomic E-state index is 12.4. The van der Waals surface area contributed by atoms with Crippen molar-refractivity contribution in [2.45, 2.75) is 11.8 Å². The molecule has 0 atom stereocenters. The van der Waals surface area contributed by atoms with E-state index >= 15 is 0 Å². The van der Waals surface area contributed by atoms with E-state index in [1.165, 1.54) is 11.8 Å². The predicted octanol–water partition coefficient (Wildman–Crippen LogP) is 5.07. The first-order valence-corrected chi connectivity index (χ1v) is 10.2. The van der Waals surface area contributed by atoms with Crippen molar-refractivity contribution < 1.29 is 14.3 Å². The summed E-state index contributed by atoms with van der Waals surface area (Å²) in [6.07, 6.45) is 0. The van der Waals surface area contributed by atoms with Gasteiger partial charge in [0.15, 0.2) is 0 Å². The third kappa shape index (κ3) is 6.69. The lowest BCUT2D eigenvalue weighted by Gasteiger charge is -2.09. The van der Waals surface area contributed by atoms with Crippen molar-refractivity contribution in [2.75, 3.05) is 23.0 Å². The molecule has 0 heterocycles. The van der Waals surface area contributed by atoms with Crippen LogP contribution < -0.4 is 15.4 Å². The van der Waals surface area contributed by atoms with Crippen LogP contribution in [0.1, 0.15) is 17.3 Å². The Morgan fingerprint density at radius 3 is 2.24 bits per heavy atom. The maximum atomic E-state index is 12.4. The van der Waals surface area contributed by atoms with Crippen LogP contribution in [-0.2, 0) is 4.79 Å². The highest BCUT2D eigenvalue weighted by atomic mass is 32.2. The number of carbonyl (C=O) groups excluding carboxylic acids is 2. The molecule has 2 amide bonds. The van der Waals surface area contributed by atoms with Crippen LogP contribution in [0.4, 0.5) is 11.4 Å². The summed E-state index contributed by atoms with van der Waals surface area (Å²) >= 11 is 1.74. The van der Waals surface area contributed by atoms with E-state index in [4.69, 9.17) is 4.74 Å². The van der Waals surface area contributed by atoms with Crippen molar-refractivity contribution >= 4 is 35.0 Å². The van der Waals surface area contributed by atoms with Crippen molar-refractivity contribution in [3.63, 3.8) is 0 Å². The van der Waals surface area contributed by atoms with Gasteiger partial charge in [-0.3, -0.25) is 9.59 Å². The second-order valence-corrected chi connectivity index (χ2v) is 7.42. The SMILES string of the molecule is CC(=O)Nc1cccc(NC(=O)c2ccc(OCCSc3ccccc3)cc2)c1. The molecular formula is C23H22N2O3S. The fourth-order valence-corrected chi connectivity index (χ4v) is 3.37. The molecule has 0 saturated heterocycles. The number of amides is 2. The molecule has 6 heteroatoms. The van der Waals surface area contributed by atoms with Crippen LogP contribution in [0.5, 0.6) is 5.75 Å². The minimum Gasteiger partial charge on any atom is -0.493 e. The van der Waals surface area contributed by atoms with Gasteiger partial charge < -0.3 is 15.4 Å². The van der Waals surface area contributed by atoms with E-state index in [9.17, 15) is 9.59 Å². The number of thioether (sulfide) groups is 1. The Bertz CT molecular complexity index is 959. The average molecular weight is 407 g/mol. The van der Waals surface area contributed by atoms with Crippen molar-refractivity contribution in [3.05, 3.63) is 84.4 Å². The van der Waals surface area contributed by atoms with Gasteiger partial charge in [-0.05, 0) is 54.6 Å². The Kier molecular flexibility index (Phi) is 7.30. The molecule has 0 saturated carbocycles. The normalized spacial score (nSPS) is 10.2. The second kappa shape index (κ2) is 10.3. The number of ether oxygens (including phenoxy) is 1. The number of rotatable bonds is 8. The largest absolute Gasteiger partial charge is 0.493 e. The van der Waals surface area contributed by atoms with E-state index in [1.807, 2.05) is 18.2 Å². The monoisotopic (exact) mass is 406 g/mol. The van der Waals surface area contributed by atoms with Gasteiger partial charge in [0, 0.05) is 34.5 Å². The van der Waals surface area contributed by atoms with E-state index in [2.05, 4.69) is 22.8 Å². The lowest BCUT2D eigenvalue weighted by molar-refractivity contribution is -0.114. The summed E-state index contributed by atoms with van der Waals surface area (Å²) in [6, 6.07) is 24.2. The zero-order valence-electron chi connectivity index (χ0n) is 16.1. The van der Waals surface area contributed by atoms with Gasteiger partial charge in [0.05, 0.1) is 6.61 Å². The molecule has 0 bridgehead atoms. The van der Waals surface area contributed by atoms with Gasteiger partial charge >= 0.3 is 0 Å². The summed E-state index contributed by atoms with van der Waals surface area (Å²) < 4.78 is 5.74. The van der Waals surface area contributed by atoms with E-state index in [0.29, 0.717) is 23.5 Å². The molecule has 3 aromatic carbocycles. The standard InChI is InChI=1S/C23H22N2O3S/c1-17(26)24-19-6-5-7-20(16-19)25-23(27)18-10-12-21(13-11-18)28-14-15-29-22-8-3-2-4-9-22/h2-13,16H,14-15H2,1H3,(H,24,26)(H,25,27). The van der Waals surface area contributed by atoms with Crippen molar-refractivity contribution in [3.8, 4) is 5.75 Å². The Morgan fingerprint density at radius 1 is 0.862 bits per heavy atom. The van der Waals surface area contributed by atoms with Gasteiger partial charge in [0.25, 0.3) is 5.91 Å². The van der Waals surface area contributed by atoms with Crippen molar-refractivity contribution in [2.24, 2.45) is 0 Å². The van der Waals surface area contributed by atoms with Crippen LogP contribution in [0.25, 0.3) is 0 Å². The lowest BCUT2D eigenvalue weighted by Crippen LogP contribution is -2.12. The molecule has 2 N–H and O–H groups in total. The lowest BCUT2D eigenvalue weighted by atomic mass is 10.2. The van der Waals surface area contributed by atoms with Crippen LogP contribution in [-0.4, -0.2) is 24.2 Å². The molecule has 0 radical (unpaired) electrons. The fraction of sp³-hybridized carbons (Fsp3) is 0.130. The van der Waals surface area contributed by atoms with Gasteiger partial charge in [0.1, 0.15) is 5.75 Å². The Morgan fingerprint density at radius 2 is 1.55 bits per heavy atom. The summed E-state index contributed by atoms with van der Waals surface area (Å²) in [5.41, 5.74) is 1.77. The molecule has 0 unspecified atom stereocenters. The minimum absolute atomic E-state index is 0.161. The minimum atomic E-state index is -0.226. The smallest absolute Gasteiger partial charge is 0.255 e. The zero-order chi connectivity index (χ0) is 20.5. The number of anilines is 2.